The summed E-state index contributed by atoms with van der Waals surface area (Å²) in [7, 11) is 1.92. The zero-order valence-corrected chi connectivity index (χ0v) is 11.7. The summed E-state index contributed by atoms with van der Waals surface area (Å²) in [6.45, 7) is 4.37. The van der Waals surface area contributed by atoms with Crippen LogP contribution in [0.5, 0.6) is 0 Å². The van der Waals surface area contributed by atoms with Crippen LogP contribution in [-0.4, -0.2) is 49.7 Å². The minimum atomic E-state index is 0.0159. The summed E-state index contributed by atoms with van der Waals surface area (Å²) in [4.78, 5) is 14.8. The maximum atomic E-state index is 12.7. The van der Waals surface area contributed by atoms with Crippen molar-refractivity contribution in [3.8, 4) is 0 Å². The number of hydrogen-bond donors (Lipinski definition) is 1. The zero-order chi connectivity index (χ0) is 13.0. The van der Waals surface area contributed by atoms with Crippen LogP contribution in [0.15, 0.2) is 0 Å². The van der Waals surface area contributed by atoms with Crippen LogP contribution < -0.4 is 5.32 Å². The Kier molecular flexibility index (Phi) is 5.01. The van der Waals surface area contributed by atoms with E-state index in [1.807, 2.05) is 7.05 Å². The molecular weight excluding hydrogens is 228 g/mol. The number of carbonyl (C=O) groups is 1. The first-order valence-corrected chi connectivity index (χ1v) is 7.33. The molecule has 1 amide bonds. The van der Waals surface area contributed by atoms with Gasteiger partial charge in [0.05, 0.1) is 19.1 Å². The summed E-state index contributed by atoms with van der Waals surface area (Å²) >= 11 is 0. The average Bonchev–Trinajstić information content (AvgIpc) is 2.74. The Morgan fingerprint density at radius 2 is 2.17 bits per heavy atom. The molecule has 2 aliphatic heterocycles. The molecule has 0 spiro atoms. The summed E-state index contributed by atoms with van der Waals surface area (Å²) in [6.07, 6.45) is 5.92. The van der Waals surface area contributed by atoms with Gasteiger partial charge in [-0.15, -0.1) is 0 Å². The molecule has 4 heteroatoms. The number of nitrogens with zero attached hydrogens (tertiary/aromatic N) is 1. The van der Waals surface area contributed by atoms with E-state index in [0.717, 1.165) is 19.4 Å². The molecule has 2 saturated heterocycles. The van der Waals surface area contributed by atoms with Gasteiger partial charge in [-0.2, -0.15) is 0 Å². The number of likely N-dealkylation sites (N-methyl/N-ethyl adjacent to an activating group) is 1. The molecule has 104 valence electrons. The lowest BCUT2D eigenvalue weighted by Crippen LogP contribution is -2.48. The minimum absolute atomic E-state index is 0.0159. The second-order valence-corrected chi connectivity index (χ2v) is 5.48. The van der Waals surface area contributed by atoms with E-state index in [9.17, 15) is 4.79 Å². The average molecular weight is 254 g/mol. The smallest absolute Gasteiger partial charge is 0.229 e. The largest absolute Gasteiger partial charge is 0.379 e. The fourth-order valence-electron chi connectivity index (χ4n) is 3.19. The minimum Gasteiger partial charge on any atom is -0.379 e. The van der Waals surface area contributed by atoms with Crippen LogP contribution in [0.4, 0.5) is 0 Å². The Balaban J connectivity index is 2.05. The number of hydrogen-bond acceptors (Lipinski definition) is 3. The van der Waals surface area contributed by atoms with Gasteiger partial charge in [-0.1, -0.05) is 19.8 Å². The van der Waals surface area contributed by atoms with E-state index in [1.165, 1.54) is 19.3 Å². The van der Waals surface area contributed by atoms with Gasteiger partial charge in [-0.05, 0) is 26.3 Å². The summed E-state index contributed by atoms with van der Waals surface area (Å²) < 4.78 is 5.46. The highest BCUT2D eigenvalue weighted by atomic mass is 16.5. The number of likely N-dealkylation sites (tertiary alicyclic amines) is 1. The lowest BCUT2D eigenvalue weighted by molar-refractivity contribution is -0.138. The molecular formula is C14H26N2O2. The number of nitrogens with one attached hydrogen (secondary N) is 1. The highest BCUT2D eigenvalue weighted by molar-refractivity contribution is 5.80. The third-order valence-electron chi connectivity index (χ3n) is 4.40. The van der Waals surface area contributed by atoms with Crippen LogP contribution in [0.25, 0.3) is 0 Å². The van der Waals surface area contributed by atoms with Crippen molar-refractivity contribution in [1.82, 2.24) is 10.2 Å². The van der Waals surface area contributed by atoms with E-state index in [4.69, 9.17) is 4.74 Å². The molecule has 3 unspecified atom stereocenters. The molecule has 0 aromatic heterocycles. The van der Waals surface area contributed by atoms with Crippen LogP contribution in [-0.2, 0) is 9.53 Å². The monoisotopic (exact) mass is 254 g/mol. The molecule has 18 heavy (non-hydrogen) atoms. The van der Waals surface area contributed by atoms with Gasteiger partial charge in [0.25, 0.3) is 0 Å². The van der Waals surface area contributed by atoms with Crippen LogP contribution in [0.3, 0.4) is 0 Å². The molecule has 2 heterocycles. The first-order valence-electron chi connectivity index (χ1n) is 7.33. The van der Waals surface area contributed by atoms with E-state index >= 15 is 0 Å². The van der Waals surface area contributed by atoms with Crippen molar-refractivity contribution in [3.05, 3.63) is 0 Å². The van der Waals surface area contributed by atoms with Crippen molar-refractivity contribution in [3.63, 3.8) is 0 Å². The van der Waals surface area contributed by atoms with Crippen LogP contribution in [0, 0.1) is 5.92 Å². The van der Waals surface area contributed by atoms with Crippen LogP contribution in [0.1, 0.15) is 39.0 Å². The maximum Gasteiger partial charge on any atom is 0.229 e. The molecule has 0 aromatic carbocycles. The lowest BCUT2D eigenvalue weighted by atomic mass is 10.00. The Labute approximate surface area is 110 Å². The predicted molar refractivity (Wildman–Crippen MR) is 71.4 cm³/mol. The van der Waals surface area contributed by atoms with Crippen LogP contribution >= 0.6 is 0 Å². The Bertz CT molecular complexity index is 283. The van der Waals surface area contributed by atoms with Gasteiger partial charge < -0.3 is 15.0 Å². The molecule has 2 aliphatic rings. The van der Waals surface area contributed by atoms with E-state index in [0.29, 0.717) is 25.2 Å². The topological polar surface area (TPSA) is 41.6 Å². The summed E-state index contributed by atoms with van der Waals surface area (Å²) in [6, 6.07) is 0.636. The van der Waals surface area contributed by atoms with Gasteiger partial charge in [0.15, 0.2) is 0 Å². The van der Waals surface area contributed by atoms with Crippen molar-refractivity contribution in [2.45, 2.75) is 51.1 Å². The second-order valence-electron chi connectivity index (χ2n) is 5.48. The van der Waals surface area contributed by atoms with Gasteiger partial charge in [0.2, 0.25) is 5.91 Å². The normalized spacial score (nSPS) is 33.4. The molecule has 0 aliphatic carbocycles. The summed E-state index contributed by atoms with van der Waals surface area (Å²) in [5, 5.41) is 3.21. The fourth-order valence-corrected chi connectivity index (χ4v) is 3.19. The molecule has 1 N–H and O–H groups in total. The quantitative estimate of drug-likeness (QED) is 0.828. The van der Waals surface area contributed by atoms with Gasteiger partial charge in [-0.3, -0.25) is 4.79 Å². The third-order valence-corrected chi connectivity index (χ3v) is 4.40. The lowest BCUT2D eigenvalue weighted by Gasteiger charge is -2.32. The fraction of sp³-hybridized carbons (Fsp3) is 0.929. The number of carbonyl (C=O) groups excluding carboxylic acids is 1. The van der Waals surface area contributed by atoms with Crippen molar-refractivity contribution >= 4 is 5.91 Å². The van der Waals surface area contributed by atoms with E-state index in [2.05, 4.69) is 17.1 Å². The van der Waals surface area contributed by atoms with Gasteiger partial charge in [0.1, 0.15) is 0 Å². The van der Waals surface area contributed by atoms with Crippen molar-refractivity contribution in [2.24, 2.45) is 5.92 Å². The number of rotatable bonds is 3. The predicted octanol–water partition coefficient (Wildman–Crippen LogP) is 1.40. The Hall–Kier alpha value is -0.610. The Morgan fingerprint density at radius 3 is 2.89 bits per heavy atom. The standard InChI is InChI=1S/C14H26N2O2/c1-3-11-7-5-4-6-8-16(11)14(17)12-9-18-10-13(12)15-2/h11-13,15H,3-10H2,1-2H3. The van der Waals surface area contributed by atoms with Gasteiger partial charge in [-0.25, -0.2) is 0 Å². The molecule has 0 bridgehead atoms. The van der Waals surface area contributed by atoms with Crippen molar-refractivity contribution in [1.29, 1.82) is 0 Å². The molecule has 0 aromatic rings. The van der Waals surface area contributed by atoms with E-state index in [-0.39, 0.29) is 12.0 Å². The van der Waals surface area contributed by atoms with E-state index < -0.39 is 0 Å². The Morgan fingerprint density at radius 1 is 1.33 bits per heavy atom. The van der Waals surface area contributed by atoms with Gasteiger partial charge in [0, 0.05) is 18.6 Å². The number of ether oxygens (including phenoxy) is 1. The second kappa shape index (κ2) is 6.53. The van der Waals surface area contributed by atoms with Crippen LogP contribution in [0.2, 0.25) is 0 Å². The van der Waals surface area contributed by atoms with Crippen molar-refractivity contribution < 1.29 is 9.53 Å². The SMILES string of the molecule is CCC1CCCCCN1C(=O)C1COCC1NC. The highest BCUT2D eigenvalue weighted by Gasteiger charge is 2.37. The van der Waals surface area contributed by atoms with Crippen molar-refractivity contribution in [2.75, 3.05) is 26.8 Å². The third kappa shape index (κ3) is 2.86. The summed E-state index contributed by atoms with van der Waals surface area (Å²) in [5.74, 6) is 0.322. The van der Waals surface area contributed by atoms with E-state index in [1.54, 1.807) is 0 Å². The molecule has 0 radical (unpaired) electrons. The number of amides is 1. The molecule has 2 rings (SSSR count). The molecule has 2 fully saturated rings. The molecule has 4 nitrogen and oxygen atoms in total. The molecule has 3 atom stereocenters. The molecule has 0 saturated carbocycles. The summed E-state index contributed by atoms with van der Waals surface area (Å²) in [5.41, 5.74) is 0. The highest BCUT2D eigenvalue weighted by Crippen LogP contribution is 2.24. The zero-order valence-electron chi connectivity index (χ0n) is 11.7. The first kappa shape index (κ1) is 13.8. The van der Waals surface area contributed by atoms with Gasteiger partial charge >= 0.3 is 0 Å². The first-order chi connectivity index (χ1) is 8.77. The maximum absolute atomic E-state index is 12.7.